The summed E-state index contributed by atoms with van der Waals surface area (Å²) in [5.74, 6) is 0.343. The zero-order valence-corrected chi connectivity index (χ0v) is 21.1. The van der Waals surface area contributed by atoms with Crippen molar-refractivity contribution in [3.63, 3.8) is 0 Å². The van der Waals surface area contributed by atoms with Crippen molar-refractivity contribution < 1.29 is 14.6 Å². The van der Waals surface area contributed by atoms with Crippen LogP contribution in [0.25, 0.3) is 20.8 Å². The van der Waals surface area contributed by atoms with E-state index in [1.165, 1.54) is 11.8 Å². The molecule has 1 saturated heterocycles. The maximum absolute atomic E-state index is 9.59. The molecule has 0 spiro atoms. The highest BCUT2D eigenvalue weighted by atomic mass is 32.2. The van der Waals surface area contributed by atoms with Crippen LogP contribution in [0.1, 0.15) is 38.1 Å². The Hall–Kier alpha value is -1.85. The number of aromatic nitrogens is 4. The second kappa shape index (κ2) is 8.74. The third-order valence-electron chi connectivity index (χ3n) is 6.36. The fourth-order valence-corrected chi connectivity index (χ4v) is 6.46. The topological polar surface area (TPSA) is 102 Å². The molecule has 4 heterocycles. The molecule has 1 saturated carbocycles. The summed E-state index contributed by atoms with van der Waals surface area (Å²) < 4.78 is 13.6. The number of nitrogens with one attached hydrogen (secondary N) is 1. The second-order valence-corrected chi connectivity index (χ2v) is 10.9. The fourth-order valence-electron chi connectivity index (χ4n) is 4.94. The van der Waals surface area contributed by atoms with Crippen LogP contribution >= 0.6 is 23.1 Å². The van der Waals surface area contributed by atoms with Crippen molar-refractivity contribution in [2.24, 2.45) is 5.92 Å². The van der Waals surface area contributed by atoms with Gasteiger partial charge in [-0.05, 0) is 58.8 Å². The summed E-state index contributed by atoms with van der Waals surface area (Å²) in [5.41, 5.74) is 3.61. The molecule has 8 nitrogen and oxygen atoms in total. The minimum absolute atomic E-state index is 0.00821. The Morgan fingerprint density at radius 3 is 2.70 bits per heavy atom. The number of hydrogen-bond acceptors (Lipinski definition) is 10. The van der Waals surface area contributed by atoms with Gasteiger partial charge in [-0.2, -0.15) is 0 Å². The Balaban J connectivity index is 1.55. The minimum atomic E-state index is -0.643. The lowest BCUT2D eigenvalue weighted by Crippen LogP contribution is -2.35. The SMILES string of the molecule is CSc1nc(C)c(-c2nc3c(C)nccc3s2)c(NC2C[C@H](CCO)[C@H]3OC(C)(C)O[C@@H]23)n1. The van der Waals surface area contributed by atoms with Gasteiger partial charge in [0.2, 0.25) is 0 Å². The number of thiazole rings is 1. The van der Waals surface area contributed by atoms with Crippen LogP contribution in [0.4, 0.5) is 5.82 Å². The standard InChI is InChI=1S/C23H29N5O3S2/c1-11-16(21-27-17-12(2)24-8-6-15(17)33-21)20(28-22(25-11)32-5)26-14-10-13(7-9-29)18-19(14)31-23(3,4)30-18/h6,8,13-14,18-19,29H,7,9-10H2,1-5H3,(H,25,26,28)/t13-,14?,18+,19-/m0/s1. The molecule has 176 valence electrons. The van der Waals surface area contributed by atoms with Crippen LogP contribution in [-0.2, 0) is 9.47 Å². The Morgan fingerprint density at radius 2 is 1.97 bits per heavy atom. The van der Waals surface area contributed by atoms with E-state index in [4.69, 9.17) is 24.4 Å². The van der Waals surface area contributed by atoms with E-state index >= 15 is 0 Å². The van der Waals surface area contributed by atoms with Crippen molar-refractivity contribution in [2.75, 3.05) is 18.2 Å². The molecular weight excluding hydrogens is 458 g/mol. The molecule has 1 unspecified atom stereocenters. The van der Waals surface area contributed by atoms with E-state index in [9.17, 15) is 5.11 Å². The maximum atomic E-state index is 9.59. The van der Waals surface area contributed by atoms with Crippen molar-refractivity contribution in [3.05, 3.63) is 23.7 Å². The molecule has 0 amide bonds. The van der Waals surface area contributed by atoms with Crippen LogP contribution in [0, 0.1) is 19.8 Å². The fraction of sp³-hybridized carbons (Fsp3) is 0.565. The zero-order valence-electron chi connectivity index (χ0n) is 19.5. The van der Waals surface area contributed by atoms with Crippen molar-refractivity contribution in [2.45, 2.75) is 69.7 Å². The molecule has 2 N–H and O–H groups in total. The number of anilines is 1. The number of rotatable bonds is 6. The van der Waals surface area contributed by atoms with E-state index in [0.29, 0.717) is 11.6 Å². The molecular formula is C23H29N5O3S2. The van der Waals surface area contributed by atoms with Crippen molar-refractivity contribution >= 4 is 39.1 Å². The number of nitrogens with zero attached hydrogens (tertiary/aromatic N) is 4. The largest absolute Gasteiger partial charge is 0.396 e. The lowest BCUT2D eigenvalue weighted by Gasteiger charge is -2.25. The van der Waals surface area contributed by atoms with Crippen molar-refractivity contribution in [1.29, 1.82) is 0 Å². The van der Waals surface area contributed by atoms with Gasteiger partial charge in [-0.15, -0.1) is 11.3 Å². The van der Waals surface area contributed by atoms with E-state index in [2.05, 4.69) is 10.3 Å². The molecule has 0 bridgehead atoms. The summed E-state index contributed by atoms with van der Waals surface area (Å²) in [7, 11) is 0. The van der Waals surface area contributed by atoms with Crippen LogP contribution in [0.2, 0.25) is 0 Å². The van der Waals surface area contributed by atoms with Crippen LogP contribution in [-0.4, -0.2) is 61.9 Å². The van der Waals surface area contributed by atoms with E-state index in [1.54, 1.807) is 11.3 Å². The smallest absolute Gasteiger partial charge is 0.189 e. The molecule has 33 heavy (non-hydrogen) atoms. The summed E-state index contributed by atoms with van der Waals surface area (Å²) in [4.78, 5) is 18.9. The van der Waals surface area contributed by atoms with Gasteiger partial charge < -0.3 is 19.9 Å². The average molecular weight is 488 g/mol. The number of ether oxygens (including phenoxy) is 2. The summed E-state index contributed by atoms with van der Waals surface area (Å²) >= 11 is 3.14. The Bertz CT molecular complexity index is 1180. The first kappa shape index (κ1) is 22.9. The van der Waals surface area contributed by atoms with Gasteiger partial charge in [0.15, 0.2) is 10.9 Å². The van der Waals surface area contributed by atoms with Crippen LogP contribution < -0.4 is 5.32 Å². The first-order valence-electron chi connectivity index (χ1n) is 11.2. The maximum Gasteiger partial charge on any atom is 0.189 e. The third-order valence-corrected chi connectivity index (χ3v) is 7.95. The molecule has 1 aliphatic heterocycles. The Morgan fingerprint density at radius 1 is 1.18 bits per heavy atom. The molecule has 0 aromatic carbocycles. The van der Waals surface area contributed by atoms with E-state index < -0.39 is 5.79 Å². The number of fused-ring (bicyclic) bond motifs is 2. The Labute approximate surface area is 201 Å². The van der Waals surface area contributed by atoms with E-state index in [0.717, 1.165) is 44.4 Å². The van der Waals surface area contributed by atoms with Gasteiger partial charge in [0.05, 0.1) is 33.8 Å². The van der Waals surface area contributed by atoms with Gasteiger partial charge in [-0.1, -0.05) is 11.8 Å². The highest BCUT2D eigenvalue weighted by molar-refractivity contribution is 7.98. The zero-order chi connectivity index (χ0) is 23.3. The number of aliphatic hydroxyl groups excluding tert-OH is 1. The highest BCUT2D eigenvalue weighted by Gasteiger charge is 2.53. The molecule has 0 radical (unpaired) electrons. The molecule has 2 fully saturated rings. The van der Waals surface area contributed by atoms with Crippen LogP contribution in [0.15, 0.2) is 17.4 Å². The number of aryl methyl sites for hydroxylation is 2. The van der Waals surface area contributed by atoms with Gasteiger partial charge in [0.1, 0.15) is 22.4 Å². The summed E-state index contributed by atoms with van der Waals surface area (Å²) in [6, 6.07) is 2.00. The quantitative estimate of drug-likeness (QED) is 0.391. The lowest BCUT2D eigenvalue weighted by atomic mass is 10.0. The molecule has 5 rings (SSSR count). The lowest BCUT2D eigenvalue weighted by molar-refractivity contribution is -0.157. The van der Waals surface area contributed by atoms with Gasteiger partial charge in [-0.3, -0.25) is 4.98 Å². The molecule has 1 aliphatic carbocycles. The predicted molar refractivity (Wildman–Crippen MR) is 131 cm³/mol. The molecule has 4 atom stereocenters. The highest BCUT2D eigenvalue weighted by Crippen LogP contribution is 2.45. The van der Waals surface area contributed by atoms with Crippen LogP contribution in [0.5, 0.6) is 0 Å². The van der Waals surface area contributed by atoms with Crippen molar-refractivity contribution in [1.82, 2.24) is 19.9 Å². The summed E-state index contributed by atoms with van der Waals surface area (Å²) in [5, 5.41) is 14.9. The number of aliphatic hydroxyl groups is 1. The molecule has 2 aliphatic rings. The van der Waals surface area contributed by atoms with Gasteiger partial charge in [0.25, 0.3) is 0 Å². The van der Waals surface area contributed by atoms with E-state index in [-0.39, 0.29) is 30.8 Å². The normalized spacial score (nSPS) is 26.1. The van der Waals surface area contributed by atoms with E-state index in [1.807, 2.05) is 46.2 Å². The molecule has 3 aromatic rings. The average Bonchev–Trinajstić information content (AvgIpc) is 3.41. The number of thioether (sulfide) groups is 1. The second-order valence-electron chi connectivity index (χ2n) is 9.11. The third kappa shape index (κ3) is 4.23. The predicted octanol–water partition coefficient (Wildman–Crippen LogP) is 4.19. The van der Waals surface area contributed by atoms with Crippen LogP contribution in [0.3, 0.4) is 0 Å². The molecule has 3 aromatic heterocycles. The number of pyridine rings is 1. The minimum Gasteiger partial charge on any atom is -0.396 e. The Kier molecular flexibility index (Phi) is 6.07. The number of hydrogen-bond donors (Lipinski definition) is 2. The van der Waals surface area contributed by atoms with Gasteiger partial charge in [-0.25, -0.2) is 15.0 Å². The summed E-state index contributed by atoms with van der Waals surface area (Å²) in [6.45, 7) is 8.01. The first-order chi connectivity index (χ1) is 15.8. The van der Waals surface area contributed by atoms with Gasteiger partial charge >= 0.3 is 0 Å². The van der Waals surface area contributed by atoms with Crippen molar-refractivity contribution in [3.8, 4) is 10.6 Å². The first-order valence-corrected chi connectivity index (χ1v) is 13.2. The van der Waals surface area contributed by atoms with Gasteiger partial charge in [0, 0.05) is 12.8 Å². The summed E-state index contributed by atoms with van der Waals surface area (Å²) in [6.07, 6.45) is 5.16. The monoisotopic (exact) mass is 487 g/mol. The molecule has 10 heteroatoms.